The van der Waals surface area contributed by atoms with Gasteiger partial charge in [0.05, 0.1) is 12.3 Å². The van der Waals surface area contributed by atoms with Crippen molar-refractivity contribution in [1.29, 1.82) is 0 Å². The molecule has 1 aliphatic heterocycles. The molecule has 0 spiro atoms. The maximum atomic E-state index is 10.3. The van der Waals surface area contributed by atoms with Gasteiger partial charge in [-0.15, -0.1) is 6.42 Å². The Hall–Kier alpha value is -1.35. The number of aliphatic hydroxyl groups excluding tert-OH is 1. The Morgan fingerprint density at radius 2 is 2.23 bits per heavy atom. The first-order valence-electron chi connectivity index (χ1n) is 8.10. The summed E-state index contributed by atoms with van der Waals surface area (Å²) in [7, 11) is 2.03. The maximum Gasteiger partial charge on any atom is 0.101 e. The van der Waals surface area contributed by atoms with Crippen LogP contribution in [0.5, 0.6) is 0 Å². The van der Waals surface area contributed by atoms with E-state index in [-0.39, 0.29) is 6.10 Å². The summed E-state index contributed by atoms with van der Waals surface area (Å²) in [5.74, 6) is 3.40. The summed E-state index contributed by atoms with van der Waals surface area (Å²) in [6, 6.07) is 0. The third kappa shape index (κ3) is 5.45. The van der Waals surface area contributed by atoms with Crippen LogP contribution < -0.4 is 0 Å². The molecule has 1 unspecified atom stereocenters. The summed E-state index contributed by atoms with van der Waals surface area (Å²) in [5, 5.41) is 14.5. The van der Waals surface area contributed by atoms with Gasteiger partial charge in [0, 0.05) is 31.4 Å². The molecular formula is C17H28N4O. The minimum atomic E-state index is -0.306. The fourth-order valence-corrected chi connectivity index (χ4v) is 3.00. The Bertz CT molecular complexity index is 485. The highest BCUT2D eigenvalue weighted by atomic mass is 16.3. The predicted octanol–water partition coefficient (Wildman–Crippen LogP) is 1.04. The Labute approximate surface area is 133 Å². The first-order valence-corrected chi connectivity index (χ1v) is 8.10. The smallest absolute Gasteiger partial charge is 0.101 e. The van der Waals surface area contributed by atoms with E-state index in [4.69, 9.17) is 6.42 Å². The number of β-amino-alcohol motifs (C(OH)–C–C–N with tert-alkyl or cyclic N) is 1. The Balaban J connectivity index is 1.71. The average molecular weight is 304 g/mol. The van der Waals surface area contributed by atoms with E-state index in [2.05, 4.69) is 27.7 Å². The first kappa shape index (κ1) is 17.0. The second-order valence-corrected chi connectivity index (χ2v) is 6.58. The molecule has 0 aliphatic carbocycles. The van der Waals surface area contributed by atoms with Crippen LogP contribution in [0.15, 0.2) is 12.4 Å². The summed E-state index contributed by atoms with van der Waals surface area (Å²) >= 11 is 0. The molecule has 122 valence electrons. The lowest BCUT2D eigenvalue weighted by Gasteiger charge is -2.32. The van der Waals surface area contributed by atoms with Crippen LogP contribution in [0.3, 0.4) is 0 Å². The molecule has 1 atom stereocenters. The molecule has 1 aliphatic rings. The van der Waals surface area contributed by atoms with Crippen molar-refractivity contribution in [3.63, 3.8) is 0 Å². The van der Waals surface area contributed by atoms with Crippen LogP contribution in [0.4, 0.5) is 0 Å². The van der Waals surface area contributed by atoms with E-state index in [9.17, 15) is 5.11 Å². The molecule has 22 heavy (non-hydrogen) atoms. The number of piperidine rings is 1. The van der Waals surface area contributed by atoms with Crippen LogP contribution in [0, 0.1) is 18.3 Å². The molecule has 0 saturated carbocycles. The number of likely N-dealkylation sites (N-methyl/N-ethyl adjacent to an activating group) is 1. The second kappa shape index (κ2) is 8.33. The molecule has 0 aromatic carbocycles. The summed E-state index contributed by atoms with van der Waals surface area (Å²) in [5.41, 5.74) is 1.12. The highest BCUT2D eigenvalue weighted by molar-refractivity contribution is 5.04. The van der Waals surface area contributed by atoms with E-state index in [1.165, 1.54) is 12.8 Å². The van der Waals surface area contributed by atoms with Crippen molar-refractivity contribution in [2.75, 3.05) is 33.2 Å². The van der Waals surface area contributed by atoms with Gasteiger partial charge < -0.3 is 10.0 Å². The number of terminal acetylenes is 1. The average Bonchev–Trinajstić information content (AvgIpc) is 2.88. The van der Waals surface area contributed by atoms with Gasteiger partial charge in [0.25, 0.3) is 0 Å². The van der Waals surface area contributed by atoms with Gasteiger partial charge in [-0.1, -0.05) is 12.8 Å². The van der Waals surface area contributed by atoms with E-state index < -0.39 is 0 Å². The number of aliphatic hydroxyl groups is 1. The molecule has 2 rings (SSSR count). The van der Waals surface area contributed by atoms with Crippen molar-refractivity contribution in [3.05, 3.63) is 18.0 Å². The van der Waals surface area contributed by atoms with Crippen LogP contribution in [0.25, 0.3) is 0 Å². The van der Waals surface area contributed by atoms with Crippen LogP contribution >= 0.6 is 0 Å². The van der Waals surface area contributed by atoms with Crippen LogP contribution in [-0.2, 0) is 13.1 Å². The largest absolute Gasteiger partial charge is 0.390 e. The molecule has 5 nitrogen and oxygen atoms in total. The predicted molar refractivity (Wildman–Crippen MR) is 88.2 cm³/mol. The minimum Gasteiger partial charge on any atom is -0.390 e. The molecule has 1 aromatic heterocycles. The standard InChI is InChI=1S/C17H28N4O/c1-4-7-21-12-16(10-18-21)11-19(3)13-17(22)14-20-8-5-15(2)6-9-20/h1,10,12,15,17,22H,5-9,11,13-14H2,2-3H3. The van der Waals surface area contributed by atoms with Crippen LogP contribution in [0.1, 0.15) is 25.3 Å². The number of nitrogens with zero attached hydrogens (tertiary/aromatic N) is 4. The van der Waals surface area contributed by atoms with Crippen molar-refractivity contribution in [3.8, 4) is 12.3 Å². The lowest BCUT2D eigenvalue weighted by Crippen LogP contribution is -2.42. The molecule has 2 heterocycles. The fourth-order valence-electron chi connectivity index (χ4n) is 3.00. The highest BCUT2D eigenvalue weighted by Crippen LogP contribution is 2.16. The van der Waals surface area contributed by atoms with Gasteiger partial charge >= 0.3 is 0 Å². The van der Waals surface area contributed by atoms with E-state index in [1.807, 2.05) is 19.4 Å². The lowest BCUT2D eigenvalue weighted by atomic mass is 9.99. The number of likely N-dealkylation sites (tertiary alicyclic amines) is 1. The molecule has 1 N–H and O–H groups in total. The molecule has 5 heteroatoms. The third-order valence-corrected chi connectivity index (χ3v) is 4.26. The topological polar surface area (TPSA) is 44.5 Å². The van der Waals surface area contributed by atoms with Gasteiger partial charge in [0.1, 0.15) is 6.54 Å². The lowest BCUT2D eigenvalue weighted by molar-refractivity contribution is 0.0662. The Morgan fingerprint density at radius 3 is 2.91 bits per heavy atom. The minimum absolute atomic E-state index is 0.306. The van der Waals surface area contributed by atoms with Crippen molar-refractivity contribution in [1.82, 2.24) is 19.6 Å². The second-order valence-electron chi connectivity index (χ2n) is 6.58. The van der Waals surface area contributed by atoms with E-state index in [0.29, 0.717) is 13.1 Å². The van der Waals surface area contributed by atoms with Gasteiger partial charge in [-0.2, -0.15) is 5.10 Å². The summed E-state index contributed by atoms with van der Waals surface area (Å²) in [6.45, 7) is 7.25. The van der Waals surface area contributed by atoms with Crippen LogP contribution in [0.2, 0.25) is 0 Å². The van der Waals surface area contributed by atoms with Crippen molar-refractivity contribution in [2.24, 2.45) is 5.92 Å². The van der Waals surface area contributed by atoms with E-state index in [1.54, 1.807) is 4.68 Å². The molecule has 0 amide bonds. The van der Waals surface area contributed by atoms with Gasteiger partial charge in [0.2, 0.25) is 0 Å². The van der Waals surface area contributed by atoms with Crippen molar-refractivity contribution >= 4 is 0 Å². The molecule has 1 aromatic rings. The normalized spacial score (nSPS) is 18.5. The molecule has 0 radical (unpaired) electrons. The fraction of sp³-hybridized carbons (Fsp3) is 0.706. The maximum absolute atomic E-state index is 10.3. The molecular weight excluding hydrogens is 276 g/mol. The first-order chi connectivity index (χ1) is 10.6. The zero-order valence-corrected chi connectivity index (χ0v) is 13.8. The number of hydrogen-bond acceptors (Lipinski definition) is 4. The monoisotopic (exact) mass is 304 g/mol. The highest BCUT2D eigenvalue weighted by Gasteiger charge is 2.19. The molecule has 0 bridgehead atoms. The SMILES string of the molecule is C#CCn1cc(CN(C)CC(O)CN2CCC(C)CC2)cn1. The quantitative estimate of drug-likeness (QED) is 0.765. The van der Waals surface area contributed by atoms with E-state index in [0.717, 1.165) is 37.7 Å². The van der Waals surface area contributed by atoms with Gasteiger partial charge in [0.15, 0.2) is 0 Å². The van der Waals surface area contributed by atoms with Gasteiger partial charge in [-0.05, 0) is 38.9 Å². The van der Waals surface area contributed by atoms with Gasteiger partial charge in [-0.25, -0.2) is 0 Å². The summed E-state index contributed by atoms with van der Waals surface area (Å²) in [4.78, 5) is 4.51. The number of aromatic nitrogens is 2. The van der Waals surface area contributed by atoms with Gasteiger partial charge in [-0.3, -0.25) is 9.58 Å². The summed E-state index contributed by atoms with van der Waals surface area (Å²) in [6.07, 6.45) is 11.3. The third-order valence-electron chi connectivity index (χ3n) is 4.26. The zero-order chi connectivity index (χ0) is 15.9. The zero-order valence-electron chi connectivity index (χ0n) is 13.8. The summed E-state index contributed by atoms with van der Waals surface area (Å²) < 4.78 is 1.76. The van der Waals surface area contributed by atoms with Crippen LogP contribution in [-0.4, -0.2) is 64.0 Å². The number of rotatable bonds is 7. The number of hydrogen-bond donors (Lipinski definition) is 1. The van der Waals surface area contributed by atoms with Crippen molar-refractivity contribution in [2.45, 2.75) is 39.0 Å². The molecule has 1 fully saturated rings. The Kier molecular flexibility index (Phi) is 6.44. The molecule has 1 saturated heterocycles. The van der Waals surface area contributed by atoms with Crippen molar-refractivity contribution < 1.29 is 5.11 Å². The van der Waals surface area contributed by atoms with E-state index >= 15 is 0 Å². The Morgan fingerprint density at radius 1 is 1.50 bits per heavy atom.